The molecule has 7 heteroatoms. The predicted molar refractivity (Wildman–Crippen MR) is 93.8 cm³/mol. The van der Waals surface area contributed by atoms with E-state index in [4.69, 9.17) is 9.47 Å². The Bertz CT molecular complexity index is 736. The number of carbonyl (C=O) groups is 1. The number of carbonyl (C=O) groups excluding carboxylic acids is 1. The van der Waals surface area contributed by atoms with E-state index in [2.05, 4.69) is 9.97 Å². The van der Waals surface area contributed by atoms with Gasteiger partial charge in [-0.2, -0.15) is 4.98 Å². The Morgan fingerprint density at radius 1 is 1.17 bits per heavy atom. The van der Waals surface area contributed by atoms with Crippen molar-refractivity contribution in [3.63, 3.8) is 0 Å². The van der Waals surface area contributed by atoms with Crippen molar-refractivity contribution in [1.82, 2.24) is 14.9 Å². The molecule has 130 valence electrons. The van der Waals surface area contributed by atoms with Crippen LogP contribution in [0.5, 0.6) is 5.88 Å². The van der Waals surface area contributed by atoms with Crippen LogP contribution in [-0.4, -0.2) is 48.1 Å². The summed E-state index contributed by atoms with van der Waals surface area (Å²) >= 11 is 1.42. The molecule has 0 atom stereocenters. The van der Waals surface area contributed by atoms with Crippen molar-refractivity contribution < 1.29 is 14.3 Å². The molecule has 3 heterocycles. The first-order valence-electron chi connectivity index (χ1n) is 8.28. The minimum absolute atomic E-state index is 0.104. The molecule has 6 nitrogen and oxygen atoms in total. The Kier molecular flexibility index (Phi) is 5.30. The highest BCUT2D eigenvalue weighted by molar-refractivity contribution is 7.20. The number of fused-ring (bicyclic) bond motifs is 1. The van der Waals surface area contributed by atoms with Crippen LogP contribution >= 0.6 is 11.3 Å². The number of hydrogen-bond donors (Lipinski definition) is 0. The second-order valence-electron chi connectivity index (χ2n) is 6.02. The number of aromatic nitrogens is 2. The molecule has 0 unspecified atom stereocenters. The molecule has 0 radical (unpaired) electrons. The first kappa shape index (κ1) is 17.1. The molecule has 0 aliphatic carbocycles. The van der Waals surface area contributed by atoms with Crippen LogP contribution in [0.3, 0.4) is 0 Å². The second kappa shape index (κ2) is 7.44. The average molecular weight is 349 g/mol. The number of rotatable bonds is 4. The maximum atomic E-state index is 13.0. The number of thiophene rings is 1. The topological polar surface area (TPSA) is 64.6 Å². The van der Waals surface area contributed by atoms with Gasteiger partial charge in [0.2, 0.25) is 5.88 Å². The molecule has 1 aliphatic rings. The zero-order valence-corrected chi connectivity index (χ0v) is 15.2. The van der Waals surface area contributed by atoms with E-state index in [1.807, 2.05) is 11.8 Å². The molecular weight excluding hydrogens is 326 g/mol. The Hall–Kier alpha value is -1.73. The Morgan fingerprint density at radius 3 is 2.50 bits per heavy atom. The lowest BCUT2D eigenvalue weighted by molar-refractivity contribution is 0.0766. The third kappa shape index (κ3) is 3.23. The van der Waals surface area contributed by atoms with Gasteiger partial charge in [-0.25, -0.2) is 4.98 Å². The molecule has 24 heavy (non-hydrogen) atoms. The molecule has 3 rings (SSSR count). The monoisotopic (exact) mass is 349 g/mol. The van der Waals surface area contributed by atoms with Crippen LogP contribution in [0.2, 0.25) is 0 Å². The van der Waals surface area contributed by atoms with Gasteiger partial charge >= 0.3 is 0 Å². The van der Waals surface area contributed by atoms with Crippen molar-refractivity contribution in [2.45, 2.75) is 39.2 Å². The van der Waals surface area contributed by atoms with Crippen molar-refractivity contribution in [3.05, 3.63) is 16.3 Å². The molecule has 2 aromatic heterocycles. The molecule has 1 saturated heterocycles. The lowest BCUT2D eigenvalue weighted by Gasteiger charge is -2.19. The van der Waals surface area contributed by atoms with E-state index in [1.54, 1.807) is 14.2 Å². The van der Waals surface area contributed by atoms with Crippen LogP contribution in [0.25, 0.3) is 10.2 Å². The number of hydrogen-bond acceptors (Lipinski definition) is 6. The molecule has 0 bridgehead atoms. The lowest BCUT2D eigenvalue weighted by Crippen LogP contribution is -2.31. The van der Waals surface area contributed by atoms with E-state index < -0.39 is 0 Å². The fraction of sp³-hybridized carbons (Fsp3) is 0.588. The van der Waals surface area contributed by atoms with Gasteiger partial charge in [0, 0.05) is 20.2 Å². The summed E-state index contributed by atoms with van der Waals surface area (Å²) in [6, 6.07) is 0. The van der Waals surface area contributed by atoms with E-state index in [9.17, 15) is 4.79 Å². The highest BCUT2D eigenvalue weighted by Crippen LogP contribution is 2.36. The Morgan fingerprint density at radius 2 is 1.88 bits per heavy atom. The van der Waals surface area contributed by atoms with Crippen LogP contribution in [0.4, 0.5) is 0 Å². The summed E-state index contributed by atoms with van der Waals surface area (Å²) in [4.78, 5) is 25.4. The smallest absolute Gasteiger partial charge is 0.264 e. The number of likely N-dealkylation sites (tertiary alicyclic amines) is 1. The summed E-state index contributed by atoms with van der Waals surface area (Å²) < 4.78 is 10.5. The van der Waals surface area contributed by atoms with E-state index in [0.717, 1.165) is 46.6 Å². The van der Waals surface area contributed by atoms with E-state index >= 15 is 0 Å². The average Bonchev–Trinajstić information content (AvgIpc) is 2.78. The van der Waals surface area contributed by atoms with Gasteiger partial charge in [0.1, 0.15) is 11.4 Å². The van der Waals surface area contributed by atoms with Crippen LogP contribution in [-0.2, 0) is 11.3 Å². The fourth-order valence-electron chi connectivity index (χ4n) is 3.11. The van der Waals surface area contributed by atoms with Crippen molar-refractivity contribution in [3.8, 4) is 5.88 Å². The second-order valence-corrected chi connectivity index (χ2v) is 7.02. The van der Waals surface area contributed by atoms with Crippen molar-refractivity contribution in [2.24, 2.45) is 0 Å². The third-order valence-corrected chi connectivity index (χ3v) is 5.53. The molecule has 1 fully saturated rings. The van der Waals surface area contributed by atoms with Crippen LogP contribution in [0, 0.1) is 6.92 Å². The number of methoxy groups -OCH3 is 2. The maximum absolute atomic E-state index is 13.0. The minimum atomic E-state index is 0.104. The van der Waals surface area contributed by atoms with Gasteiger partial charge in [0.25, 0.3) is 5.91 Å². The third-order valence-electron chi connectivity index (χ3n) is 4.36. The van der Waals surface area contributed by atoms with Gasteiger partial charge in [-0.15, -0.1) is 11.3 Å². The molecule has 0 N–H and O–H groups in total. The summed E-state index contributed by atoms with van der Waals surface area (Å²) in [6.07, 6.45) is 4.57. The van der Waals surface area contributed by atoms with Gasteiger partial charge in [-0.1, -0.05) is 12.8 Å². The highest BCUT2D eigenvalue weighted by Gasteiger charge is 2.25. The SMILES string of the molecule is COCc1nc(OC)c2c(C)c(C(=O)N3CCCCCC3)sc2n1. The number of amides is 1. The minimum Gasteiger partial charge on any atom is -0.480 e. The highest BCUT2D eigenvalue weighted by atomic mass is 32.1. The normalized spacial score (nSPS) is 15.5. The van der Waals surface area contributed by atoms with Gasteiger partial charge < -0.3 is 14.4 Å². The predicted octanol–water partition coefficient (Wildman–Crippen LogP) is 3.17. The Balaban J connectivity index is 2.02. The van der Waals surface area contributed by atoms with Gasteiger partial charge in [-0.3, -0.25) is 4.79 Å². The molecule has 0 saturated carbocycles. The Labute approximate surface area is 145 Å². The number of nitrogens with zero attached hydrogens (tertiary/aromatic N) is 3. The molecule has 0 aromatic carbocycles. The summed E-state index contributed by atoms with van der Waals surface area (Å²) in [6.45, 7) is 3.94. The van der Waals surface area contributed by atoms with Crippen molar-refractivity contribution >= 4 is 27.5 Å². The van der Waals surface area contributed by atoms with E-state index in [1.165, 1.54) is 24.2 Å². The first-order chi connectivity index (χ1) is 11.7. The zero-order valence-electron chi connectivity index (χ0n) is 14.4. The van der Waals surface area contributed by atoms with Crippen molar-refractivity contribution in [2.75, 3.05) is 27.3 Å². The number of aryl methyl sites for hydroxylation is 1. The van der Waals surface area contributed by atoms with E-state index in [0.29, 0.717) is 18.3 Å². The fourth-order valence-corrected chi connectivity index (χ4v) is 4.27. The summed E-state index contributed by atoms with van der Waals surface area (Å²) in [5.41, 5.74) is 0.907. The standard InChI is InChI=1S/C17H23N3O3S/c1-11-13-15(23-3)18-12(10-22-2)19-16(13)24-14(11)17(21)20-8-6-4-5-7-9-20/h4-10H2,1-3H3. The summed E-state index contributed by atoms with van der Waals surface area (Å²) in [5.74, 6) is 1.18. The molecule has 1 aliphatic heterocycles. The van der Waals surface area contributed by atoms with E-state index in [-0.39, 0.29) is 5.91 Å². The quantitative estimate of drug-likeness (QED) is 0.848. The molecule has 0 spiro atoms. The maximum Gasteiger partial charge on any atom is 0.264 e. The number of ether oxygens (including phenoxy) is 2. The first-order valence-corrected chi connectivity index (χ1v) is 9.09. The van der Waals surface area contributed by atoms with Crippen molar-refractivity contribution in [1.29, 1.82) is 0 Å². The largest absolute Gasteiger partial charge is 0.480 e. The van der Waals surface area contributed by atoms with Crippen LogP contribution < -0.4 is 4.74 Å². The summed E-state index contributed by atoms with van der Waals surface area (Å²) in [7, 11) is 3.19. The zero-order chi connectivity index (χ0) is 17.1. The van der Waals surface area contributed by atoms with Crippen LogP contribution in [0.15, 0.2) is 0 Å². The lowest BCUT2D eigenvalue weighted by atomic mass is 10.2. The van der Waals surface area contributed by atoms with Gasteiger partial charge in [0.05, 0.1) is 17.4 Å². The molecule has 1 amide bonds. The summed E-state index contributed by atoms with van der Waals surface area (Å²) in [5, 5.41) is 0.834. The molecule has 2 aromatic rings. The van der Waals surface area contributed by atoms with Gasteiger partial charge in [0.15, 0.2) is 5.82 Å². The van der Waals surface area contributed by atoms with Gasteiger partial charge in [-0.05, 0) is 25.3 Å². The molecular formula is C17H23N3O3S. The van der Waals surface area contributed by atoms with Crippen LogP contribution in [0.1, 0.15) is 46.7 Å².